The molecule has 0 radical (unpaired) electrons. The molecule has 1 aliphatic carbocycles. The zero-order chi connectivity index (χ0) is 27.7. The van der Waals surface area contributed by atoms with Gasteiger partial charge in [0.25, 0.3) is 11.5 Å². The van der Waals surface area contributed by atoms with Crippen LogP contribution in [0.1, 0.15) is 55.7 Å². The second-order valence-corrected chi connectivity index (χ2v) is 11.9. The second-order valence-electron chi connectivity index (χ2n) is 10.2. The molecule has 2 aliphatic heterocycles. The van der Waals surface area contributed by atoms with Gasteiger partial charge in [-0.05, 0) is 62.1 Å². The van der Waals surface area contributed by atoms with E-state index in [4.69, 9.17) is 12.2 Å². The number of amides is 1. The minimum absolute atomic E-state index is 0.0878. The molecule has 2 aromatic rings. The van der Waals surface area contributed by atoms with E-state index in [-0.39, 0.29) is 28.9 Å². The Labute approximate surface area is 237 Å². The number of carbonyl (C=O) groups excluding carboxylic acids is 1. The number of hydrogen-bond donors (Lipinski definition) is 0. The Kier molecular flexibility index (Phi) is 8.10. The third-order valence-electron chi connectivity index (χ3n) is 7.85. The van der Waals surface area contributed by atoms with Gasteiger partial charge in [0.2, 0.25) is 0 Å². The van der Waals surface area contributed by atoms with Gasteiger partial charge in [0.05, 0.1) is 4.91 Å². The van der Waals surface area contributed by atoms with E-state index < -0.39 is 0 Å². The number of benzene rings is 1. The molecule has 3 fully saturated rings. The van der Waals surface area contributed by atoms with Crippen LogP contribution in [-0.2, 0) is 11.3 Å². The van der Waals surface area contributed by atoms with Gasteiger partial charge < -0.3 is 9.80 Å². The summed E-state index contributed by atoms with van der Waals surface area (Å²) < 4.78 is 15.7. The first kappa shape index (κ1) is 27.4. The number of anilines is 2. The first-order chi connectivity index (χ1) is 18.8. The zero-order valence-corrected chi connectivity index (χ0v) is 23.9. The van der Waals surface area contributed by atoms with Crippen molar-refractivity contribution in [3.8, 4) is 6.07 Å². The lowest BCUT2D eigenvalue weighted by molar-refractivity contribution is -0.123. The monoisotopic (exact) mass is 565 g/mol. The van der Waals surface area contributed by atoms with Crippen LogP contribution in [0.25, 0.3) is 6.08 Å². The predicted octanol–water partition coefficient (Wildman–Crippen LogP) is 5.05. The maximum Gasteiger partial charge on any atom is 0.270 e. The van der Waals surface area contributed by atoms with E-state index in [1.165, 1.54) is 23.9 Å². The van der Waals surface area contributed by atoms with E-state index >= 15 is 0 Å². The van der Waals surface area contributed by atoms with Gasteiger partial charge in [0.1, 0.15) is 27.6 Å². The molecule has 0 bridgehead atoms. The van der Waals surface area contributed by atoms with E-state index in [1.807, 2.05) is 13.0 Å². The summed E-state index contributed by atoms with van der Waals surface area (Å²) in [5.74, 6) is 0.385. The third-order valence-corrected chi connectivity index (χ3v) is 9.18. The Morgan fingerprint density at radius 3 is 2.36 bits per heavy atom. The van der Waals surface area contributed by atoms with Crippen LogP contribution in [0.5, 0.6) is 0 Å². The molecule has 204 valence electrons. The van der Waals surface area contributed by atoms with Gasteiger partial charge in [-0.15, -0.1) is 0 Å². The maximum atomic E-state index is 13.5. The van der Waals surface area contributed by atoms with Crippen LogP contribution in [-0.4, -0.2) is 51.9 Å². The summed E-state index contributed by atoms with van der Waals surface area (Å²) in [6, 6.07) is 8.75. The lowest BCUT2D eigenvalue weighted by atomic mass is 10.0. The molecule has 1 aromatic carbocycles. The normalized spacial score (nSPS) is 19.4. The number of rotatable bonds is 6. The predicted molar refractivity (Wildman–Crippen MR) is 159 cm³/mol. The summed E-state index contributed by atoms with van der Waals surface area (Å²) >= 11 is 6.93. The van der Waals surface area contributed by atoms with E-state index in [0.29, 0.717) is 47.5 Å². The van der Waals surface area contributed by atoms with Gasteiger partial charge in [-0.3, -0.25) is 19.1 Å². The summed E-state index contributed by atoms with van der Waals surface area (Å²) in [5, 5.41) is 9.91. The highest BCUT2D eigenvalue weighted by Crippen LogP contribution is 2.39. The minimum atomic E-state index is -0.302. The van der Waals surface area contributed by atoms with Crippen LogP contribution in [0, 0.1) is 24.1 Å². The van der Waals surface area contributed by atoms with Crippen molar-refractivity contribution in [2.75, 3.05) is 36.0 Å². The molecule has 39 heavy (non-hydrogen) atoms. The Balaban J connectivity index is 1.55. The first-order valence-corrected chi connectivity index (χ1v) is 14.8. The van der Waals surface area contributed by atoms with E-state index in [1.54, 1.807) is 28.5 Å². The van der Waals surface area contributed by atoms with Crippen molar-refractivity contribution >= 4 is 51.8 Å². The molecule has 1 aromatic heterocycles. The number of pyridine rings is 1. The highest BCUT2D eigenvalue weighted by molar-refractivity contribution is 8.26. The number of thiocarbonyl (C=S) groups is 1. The molecule has 1 saturated carbocycles. The Morgan fingerprint density at radius 2 is 1.74 bits per heavy atom. The van der Waals surface area contributed by atoms with Crippen molar-refractivity contribution in [2.45, 2.75) is 58.5 Å². The van der Waals surface area contributed by atoms with Gasteiger partial charge in [-0.1, -0.05) is 43.7 Å². The van der Waals surface area contributed by atoms with Crippen molar-refractivity contribution in [3.63, 3.8) is 0 Å². The molecule has 3 heterocycles. The fraction of sp³-hybridized carbons (Fsp3) is 0.448. The maximum absolute atomic E-state index is 13.5. The fourth-order valence-corrected chi connectivity index (χ4v) is 7.21. The number of nitriles is 1. The van der Waals surface area contributed by atoms with Crippen molar-refractivity contribution in [1.82, 2.24) is 9.47 Å². The lowest BCUT2D eigenvalue weighted by Crippen LogP contribution is -2.48. The van der Waals surface area contributed by atoms with Gasteiger partial charge >= 0.3 is 0 Å². The summed E-state index contributed by atoms with van der Waals surface area (Å²) in [5.41, 5.74) is 2.06. The Bertz CT molecular complexity index is 1420. The highest BCUT2D eigenvalue weighted by Gasteiger charge is 2.38. The fourth-order valence-electron chi connectivity index (χ4n) is 5.83. The molecule has 7 nitrogen and oxygen atoms in total. The molecule has 0 unspecified atom stereocenters. The first-order valence-electron chi connectivity index (χ1n) is 13.5. The number of aromatic nitrogens is 1. The molecule has 2 saturated heterocycles. The summed E-state index contributed by atoms with van der Waals surface area (Å²) in [7, 11) is 0. The number of carbonyl (C=O) groups is 1. The molecule has 0 atom stereocenters. The van der Waals surface area contributed by atoms with Crippen LogP contribution >= 0.6 is 24.0 Å². The molecular weight excluding hydrogens is 533 g/mol. The number of piperazine rings is 1. The molecule has 5 rings (SSSR count). The molecule has 0 N–H and O–H groups in total. The van der Waals surface area contributed by atoms with Crippen molar-refractivity contribution < 1.29 is 9.18 Å². The summed E-state index contributed by atoms with van der Waals surface area (Å²) in [6.07, 6.45) is 6.69. The van der Waals surface area contributed by atoms with Crippen molar-refractivity contribution in [1.29, 1.82) is 5.26 Å². The average molecular weight is 566 g/mol. The number of nitrogens with zero attached hydrogens (tertiary/aromatic N) is 5. The summed E-state index contributed by atoms with van der Waals surface area (Å²) in [6.45, 7) is 6.90. The van der Waals surface area contributed by atoms with Gasteiger partial charge in [0.15, 0.2) is 0 Å². The number of halogens is 1. The Hall–Kier alpha value is -3.16. The average Bonchev–Trinajstić information content (AvgIpc) is 3.55. The van der Waals surface area contributed by atoms with E-state index in [9.17, 15) is 19.2 Å². The second kappa shape index (κ2) is 11.5. The quantitative estimate of drug-likeness (QED) is 0.359. The summed E-state index contributed by atoms with van der Waals surface area (Å²) in [4.78, 5) is 33.7. The topological polar surface area (TPSA) is 72.6 Å². The number of thioether (sulfide) groups is 1. The van der Waals surface area contributed by atoms with Gasteiger partial charge in [0, 0.05) is 50.0 Å². The molecule has 0 spiro atoms. The SMILES string of the molecule is CCCn1c(N2CCN(c3ccc(F)cc3)CC2)c(/C=C2\SC(=S)N(C3CCCC3)C2=O)c(C)c(C#N)c1=O. The standard InChI is InChI=1S/C29H32FN5O2S2/c1-3-12-34-26(33-15-13-32(14-16-33)21-10-8-20(30)9-11-21)23(19(2)24(18-31)27(34)36)17-25-28(37)35(29(38)39-25)22-6-4-5-7-22/h8-11,17,22H,3-7,12-16H2,1-2H3/b25-17-. The smallest absolute Gasteiger partial charge is 0.270 e. The van der Waals surface area contributed by atoms with Gasteiger partial charge in [-0.25, -0.2) is 4.39 Å². The van der Waals surface area contributed by atoms with Crippen LogP contribution in [0.3, 0.4) is 0 Å². The minimum Gasteiger partial charge on any atom is -0.368 e. The molecule has 10 heteroatoms. The third kappa shape index (κ3) is 5.22. The molecule has 1 amide bonds. The Morgan fingerprint density at radius 1 is 1.10 bits per heavy atom. The molecule has 3 aliphatic rings. The van der Waals surface area contributed by atoms with E-state index in [0.717, 1.165) is 49.2 Å². The lowest BCUT2D eigenvalue weighted by Gasteiger charge is -2.39. The van der Waals surface area contributed by atoms with Crippen LogP contribution in [0.15, 0.2) is 34.0 Å². The van der Waals surface area contributed by atoms with Crippen LogP contribution in [0.2, 0.25) is 0 Å². The van der Waals surface area contributed by atoms with Gasteiger partial charge in [-0.2, -0.15) is 5.26 Å². The zero-order valence-electron chi connectivity index (χ0n) is 22.3. The van der Waals surface area contributed by atoms with E-state index in [2.05, 4.69) is 15.9 Å². The molecular formula is C29H32FN5O2S2. The van der Waals surface area contributed by atoms with Crippen LogP contribution in [0.4, 0.5) is 15.9 Å². The highest BCUT2D eigenvalue weighted by atomic mass is 32.2. The largest absolute Gasteiger partial charge is 0.368 e. The van der Waals surface area contributed by atoms with Crippen LogP contribution < -0.4 is 15.4 Å². The number of hydrogen-bond acceptors (Lipinski definition) is 7. The van der Waals surface area contributed by atoms with Crippen molar-refractivity contribution in [2.24, 2.45) is 0 Å². The van der Waals surface area contributed by atoms with Crippen molar-refractivity contribution in [3.05, 3.63) is 62.0 Å².